The van der Waals surface area contributed by atoms with Crippen LogP contribution in [0, 0.1) is 5.41 Å². The number of hydrogen-bond acceptors (Lipinski definition) is 3. The van der Waals surface area contributed by atoms with E-state index in [9.17, 15) is 4.79 Å². The van der Waals surface area contributed by atoms with Crippen LogP contribution in [0.5, 0.6) is 0 Å². The van der Waals surface area contributed by atoms with E-state index in [1.54, 1.807) is 12.3 Å². The summed E-state index contributed by atoms with van der Waals surface area (Å²) in [5.41, 5.74) is 1.69. The van der Waals surface area contributed by atoms with Gasteiger partial charge in [0.1, 0.15) is 0 Å². The highest BCUT2D eigenvalue weighted by molar-refractivity contribution is 5.95. The number of aromatic nitrogens is 1. The number of carbonyl (C=O) groups excluding carboxylic acids is 1. The molecule has 1 amide bonds. The number of aliphatic hydroxyl groups excluding tert-OH is 1. The van der Waals surface area contributed by atoms with Gasteiger partial charge in [-0.2, -0.15) is 0 Å². The van der Waals surface area contributed by atoms with Crippen molar-refractivity contribution in [3.8, 4) is 0 Å². The highest BCUT2D eigenvalue weighted by atomic mass is 16.3. The number of hydrogen-bond donors (Lipinski definition) is 2. The lowest BCUT2D eigenvalue weighted by Crippen LogP contribution is -2.33. The Balaban J connectivity index is 2.03. The fourth-order valence-electron chi connectivity index (χ4n) is 2.20. The molecule has 0 bridgehead atoms. The molecule has 0 fully saturated rings. The summed E-state index contributed by atoms with van der Waals surface area (Å²) in [6, 6.07) is 9.78. The molecule has 0 radical (unpaired) electrons. The minimum absolute atomic E-state index is 0.112. The molecule has 4 nitrogen and oxygen atoms in total. The molecule has 2 rings (SSSR count). The zero-order chi connectivity index (χ0) is 16.0. The molecule has 22 heavy (non-hydrogen) atoms. The third kappa shape index (κ3) is 4.40. The van der Waals surface area contributed by atoms with Gasteiger partial charge in [0.15, 0.2) is 0 Å². The van der Waals surface area contributed by atoms with Crippen LogP contribution >= 0.6 is 0 Å². The molecule has 2 aromatic rings. The first kappa shape index (κ1) is 16.2. The van der Waals surface area contributed by atoms with Crippen LogP contribution in [0.15, 0.2) is 42.6 Å². The Morgan fingerprint density at radius 3 is 2.86 bits per heavy atom. The average molecular weight is 298 g/mol. The van der Waals surface area contributed by atoms with Crippen LogP contribution in [0.25, 0.3) is 17.0 Å². The Morgan fingerprint density at radius 1 is 1.32 bits per heavy atom. The SMILES string of the molecule is CC(C)(CCO)CNC(=O)/C=C/c1cccc2cccnc12. The lowest BCUT2D eigenvalue weighted by Gasteiger charge is -2.23. The van der Waals surface area contributed by atoms with Crippen LogP contribution in [0.1, 0.15) is 25.8 Å². The highest BCUT2D eigenvalue weighted by Crippen LogP contribution is 2.18. The molecular formula is C18H22N2O2. The smallest absolute Gasteiger partial charge is 0.244 e. The highest BCUT2D eigenvalue weighted by Gasteiger charge is 2.17. The maximum absolute atomic E-state index is 11.9. The van der Waals surface area contributed by atoms with Crippen molar-refractivity contribution in [3.63, 3.8) is 0 Å². The minimum Gasteiger partial charge on any atom is -0.396 e. The summed E-state index contributed by atoms with van der Waals surface area (Å²) >= 11 is 0. The molecule has 2 N–H and O–H groups in total. The third-order valence-corrected chi connectivity index (χ3v) is 3.61. The molecule has 0 atom stereocenters. The zero-order valence-electron chi connectivity index (χ0n) is 13.0. The molecule has 0 aliphatic rings. The topological polar surface area (TPSA) is 62.2 Å². The van der Waals surface area contributed by atoms with Gasteiger partial charge in [0.05, 0.1) is 5.52 Å². The maximum Gasteiger partial charge on any atom is 0.244 e. The predicted molar refractivity (Wildman–Crippen MR) is 89.3 cm³/mol. The first-order valence-corrected chi connectivity index (χ1v) is 7.42. The van der Waals surface area contributed by atoms with Gasteiger partial charge in [0, 0.05) is 36.4 Å². The molecule has 0 unspecified atom stereocenters. The van der Waals surface area contributed by atoms with Crippen molar-refractivity contribution >= 4 is 22.9 Å². The Morgan fingerprint density at radius 2 is 2.09 bits per heavy atom. The van der Waals surface area contributed by atoms with Gasteiger partial charge >= 0.3 is 0 Å². The number of rotatable bonds is 6. The van der Waals surface area contributed by atoms with E-state index in [-0.39, 0.29) is 17.9 Å². The number of fused-ring (bicyclic) bond motifs is 1. The van der Waals surface area contributed by atoms with E-state index < -0.39 is 0 Å². The molecule has 116 valence electrons. The molecular weight excluding hydrogens is 276 g/mol. The standard InChI is InChI=1S/C18H22N2O2/c1-18(2,10-12-21)13-20-16(22)9-8-15-6-3-5-14-7-4-11-19-17(14)15/h3-9,11,21H,10,12-13H2,1-2H3,(H,20,22)/b9-8+. The number of carbonyl (C=O) groups is 1. The van der Waals surface area contributed by atoms with Crippen molar-refractivity contribution in [2.45, 2.75) is 20.3 Å². The summed E-state index contributed by atoms with van der Waals surface area (Å²) in [4.78, 5) is 16.3. The van der Waals surface area contributed by atoms with E-state index in [2.05, 4.69) is 10.3 Å². The van der Waals surface area contributed by atoms with Crippen molar-refractivity contribution in [1.82, 2.24) is 10.3 Å². The van der Waals surface area contributed by atoms with E-state index in [0.717, 1.165) is 16.5 Å². The number of aliphatic hydroxyl groups is 1. The Kier molecular flexibility index (Phi) is 5.28. The molecule has 0 spiro atoms. The quantitative estimate of drug-likeness (QED) is 0.806. The van der Waals surface area contributed by atoms with Crippen LogP contribution in [-0.4, -0.2) is 29.1 Å². The summed E-state index contributed by atoms with van der Waals surface area (Å²) in [6.45, 7) is 4.69. The first-order valence-electron chi connectivity index (χ1n) is 7.42. The second kappa shape index (κ2) is 7.18. The van der Waals surface area contributed by atoms with Gasteiger partial charge in [0.2, 0.25) is 5.91 Å². The Hall–Kier alpha value is -2.20. The van der Waals surface area contributed by atoms with E-state index in [0.29, 0.717) is 13.0 Å². The summed E-state index contributed by atoms with van der Waals surface area (Å²) in [5, 5.41) is 12.9. The van der Waals surface area contributed by atoms with Crippen LogP contribution in [0.2, 0.25) is 0 Å². The molecule has 4 heteroatoms. The van der Waals surface area contributed by atoms with Crippen LogP contribution < -0.4 is 5.32 Å². The lowest BCUT2D eigenvalue weighted by molar-refractivity contribution is -0.116. The fraction of sp³-hybridized carbons (Fsp3) is 0.333. The molecule has 1 heterocycles. The van der Waals surface area contributed by atoms with Gasteiger partial charge in [-0.15, -0.1) is 0 Å². The monoisotopic (exact) mass is 298 g/mol. The molecule has 0 aliphatic heterocycles. The van der Waals surface area contributed by atoms with Crippen LogP contribution in [-0.2, 0) is 4.79 Å². The molecule has 1 aromatic heterocycles. The number of pyridine rings is 1. The lowest BCUT2D eigenvalue weighted by atomic mass is 9.90. The van der Waals surface area contributed by atoms with Crippen molar-refractivity contribution in [2.24, 2.45) is 5.41 Å². The predicted octanol–water partition coefficient (Wildman–Crippen LogP) is 2.77. The summed E-state index contributed by atoms with van der Waals surface area (Å²) in [5.74, 6) is -0.140. The fourth-order valence-corrected chi connectivity index (χ4v) is 2.20. The Bertz CT molecular complexity index is 672. The zero-order valence-corrected chi connectivity index (χ0v) is 13.0. The maximum atomic E-state index is 11.9. The van der Waals surface area contributed by atoms with Gasteiger partial charge < -0.3 is 10.4 Å². The van der Waals surface area contributed by atoms with Gasteiger partial charge in [-0.05, 0) is 24.0 Å². The Labute approximate surface area is 130 Å². The van der Waals surface area contributed by atoms with Crippen molar-refractivity contribution in [1.29, 1.82) is 0 Å². The van der Waals surface area contributed by atoms with E-state index >= 15 is 0 Å². The normalized spacial score (nSPS) is 12.0. The number of amides is 1. The van der Waals surface area contributed by atoms with E-state index in [4.69, 9.17) is 5.11 Å². The van der Waals surface area contributed by atoms with Crippen molar-refractivity contribution in [3.05, 3.63) is 48.2 Å². The number of nitrogens with zero attached hydrogens (tertiary/aromatic N) is 1. The van der Waals surface area contributed by atoms with Crippen LogP contribution in [0.3, 0.4) is 0 Å². The van der Waals surface area contributed by atoms with Gasteiger partial charge in [-0.1, -0.05) is 38.1 Å². The third-order valence-electron chi connectivity index (χ3n) is 3.61. The van der Waals surface area contributed by atoms with E-state index in [1.165, 1.54) is 6.08 Å². The second-order valence-electron chi connectivity index (χ2n) is 6.11. The number of benzene rings is 1. The number of nitrogens with one attached hydrogen (secondary N) is 1. The largest absolute Gasteiger partial charge is 0.396 e. The molecule has 0 saturated carbocycles. The minimum atomic E-state index is -0.140. The molecule has 1 aromatic carbocycles. The summed E-state index contributed by atoms with van der Waals surface area (Å²) < 4.78 is 0. The summed E-state index contributed by atoms with van der Waals surface area (Å²) in [7, 11) is 0. The van der Waals surface area contributed by atoms with Crippen LogP contribution in [0.4, 0.5) is 0 Å². The molecule has 0 saturated heterocycles. The van der Waals surface area contributed by atoms with Crippen molar-refractivity contribution in [2.75, 3.05) is 13.2 Å². The average Bonchev–Trinajstić information content (AvgIpc) is 2.51. The summed E-state index contributed by atoms with van der Waals surface area (Å²) in [6.07, 6.45) is 5.71. The van der Waals surface area contributed by atoms with Gasteiger partial charge in [-0.25, -0.2) is 0 Å². The first-order chi connectivity index (χ1) is 10.5. The molecule has 0 aliphatic carbocycles. The van der Waals surface area contributed by atoms with Gasteiger partial charge in [-0.3, -0.25) is 9.78 Å². The second-order valence-corrected chi connectivity index (χ2v) is 6.11. The van der Waals surface area contributed by atoms with E-state index in [1.807, 2.05) is 44.2 Å². The van der Waals surface area contributed by atoms with Gasteiger partial charge in [0.25, 0.3) is 0 Å². The van der Waals surface area contributed by atoms with Crippen molar-refractivity contribution < 1.29 is 9.90 Å². The number of para-hydroxylation sites is 1.